The molecule has 5 nitrogen and oxygen atoms in total. The van der Waals surface area contributed by atoms with Crippen molar-refractivity contribution in [3.05, 3.63) is 34.1 Å². The van der Waals surface area contributed by atoms with Crippen molar-refractivity contribution in [1.82, 2.24) is 5.32 Å². The first-order valence-electron chi connectivity index (χ1n) is 4.79. The summed E-state index contributed by atoms with van der Waals surface area (Å²) in [6.07, 6.45) is -0.207. The quantitative estimate of drug-likeness (QED) is 0.615. The summed E-state index contributed by atoms with van der Waals surface area (Å²) in [5, 5.41) is 13.3. The van der Waals surface area contributed by atoms with Gasteiger partial charge >= 0.3 is 0 Å². The molecule has 0 bridgehead atoms. The van der Waals surface area contributed by atoms with E-state index in [0.29, 0.717) is 6.54 Å². The Morgan fingerprint density at radius 1 is 1.62 bits per heavy atom. The molecule has 0 saturated heterocycles. The standard InChI is InChI=1S/C10H13FN2O3/c1-7(6-12-2)16-10-4-3-8(13(14)15)5-9(10)11/h3-5,7,12H,6H2,1-2H3. The fourth-order valence-electron chi connectivity index (χ4n) is 1.24. The molecule has 0 fully saturated rings. The Balaban J connectivity index is 2.79. The zero-order valence-corrected chi connectivity index (χ0v) is 9.07. The number of hydrogen-bond donors (Lipinski definition) is 1. The van der Waals surface area contributed by atoms with Crippen LogP contribution in [-0.2, 0) is 0 Å². The van der Waals surface area contributed by atoms with E-state index in [1.54, 1.807) is 14.0 Å². The van der Waals surface area contributed by atoms with Crippen molar-refractivity contribution in [1.29, 1.82) is 0 Å². The maximum absolute atomic E-state index is 13.4. The van der Waals surface area contributed by atoms with Crippen LogP contribution in [0.1, 0.15) is 6.92 Å². The monoisotopic (exact) mass is 228 g/mol. The average Bonchev–Trinajstić information content (AvgIpc) is 2.21. The third-order valence-corrected chi connectivity index (χ3v) is 1.95. The molecule has 0 saturated carbocycles. The third-order valence-electron chi connectivity index (χ3n) is 1.95. The van der Waals surface area contributed by atoms with Crippen LogP contribution in [0.4, 0.5) is 10.1 Å². The van der Waals surface area contributed by atoms with Gasteiger partial charge in [0, 0.05) is 12.6 Å². The molecule has 1 aromatic carbocycles. The second kappa shape index (κ2) is 5.41. The predicted molar refractivity (Wildman–Crippen MR) is 57.1 cm³/mol. The molecule has 1 N–H and O–H groups in total. The van der Waals surface area contributed by atoms with Crippen LogP contribution >= 0.6 is 0 Å². The highest BCUT2D eigenvalue weighted by Gasteiger charge is 2.13. The molecule has 0 aliphatic rings. The van der Waals surface area contributed by atoms with Gasteiger partial charge in [0.1, 0.15) is 6.10 Å². The zero-order chi connectivity index (χ0) is 12.1. The summed E-state index contributed by atoms with van der Waals surface area (Å²) in [5.74, 6) is -0.703. The van der Waals surface area contributed by atoms with Gasteiger partial charge in [-0.25, -0.2) is 4.39 Å². The molecule has 6 heteroatoms. The maximum atomic E-state index is 13.4. The summed E-state index contributed by atoms with van der Waals surface area (Å²) in [6, 6.07) is 3.32. The number of non-ortho nitro benzene ring substituents is 1. The Bertz CT molecular complexity index is 384. The van der Waals surface area contributed by atoms with Crippen molar-refractivity contribution in [2.45, 2.75) is 13.0 Å². The SMILES string of the molecule is CNCC(C)Oc1ccc([N+](=O)[O-])cc1F. The number of nitrogens with one attached hydrogen (secondary N) is 1. The Kier molecular flexibility index (Phi) is 4.19. The number of benzene rings is 1. The number of likely N-dealkylation sites (N-methyl/N-ethyl adjacent to an activating group) is 1. The normalized spacial score (nSPS) is 12.2. The molecule has 1 atom stereocenters. The number of nitro groups is 1. The van der Waals surface area contributed by atoms with Crippen LogP contribution in [0.3, 0.4) is 0 Å². The van der Waals surface area contributed by atoms with Gasteiger partial charge in [-0.05, 0) is 20.0 Å². The molecule has 1 unspecified atom stereocenters. The van der Waals surface area contributed by atoms with Crippen molar-refractivity contribution in [2.24, 2.45) is 0 Å². The second-order valence-electron chi connectivity index (χ2n) is 3.36. The number of rotatable bonds is 5. The minimum absolute atomic E-state index is 0.0216. The predicted octanol–water partition coefficient (Wildman–Crippen LogP) is 1.72. The smallest absolute Gasteiger partial charge is 0.272 e. The van der Waals surface area contributed by atoms with E-state index in [1.807, 2.05) is 0 Å². The maximum Gasteiger partial charge on any atom is 0.272 e. The average molecular weight is 228 g/mol. The van der Waals surface area contributed by atoms with Crippen LogP contribution in [0.5, 0.6) is 5.75 Å². The lowest BCUT2D eigenvalue weighted by atomic mass is 10.3. The van der Waals surface area contributed by atoms with Crippen molar-refractivity contribution in [2.75, 3.05) is 13.6 Å². The number of halogens is 1. The van der Waals surface area contributed by atoms with Gasteiger partial charge in [-0.2, -0.15) is 0 Å². The van der Waals surface area contributed by atoms with Gasteiger partial charge in [-0.3, -0.25) is 10.1 Å². The molecule has 0 aliphatic carbocycles. The van der Waals surface area contributed by atoms with Gasteiger partial charge in [0.05, 0.1) is 11.0 Å². The van der Waals surface area contributed by atoms with Gasteiger partial charge < -0.3 is 10.1 Å². The molecule has 0 heterocycles. The van der Waals surface area contributed by atoms with E-state index in [-0.39, 0.29) is 17.5 Å². The van der Waals surface area contributed by atoms with E-state index < -0.39 is 10.7 Å². The Morgan fingerprint density at radius 3 is 2.81 bits per heavy atom. The van der Waals surface area contributed by atoms with Gasteiger partial charge in [-0.15, -0.1) is 0 Å². The fourth-order valence-corrected chi connectivity index (χ4v) is 1.24. The van der Waals surface area contributed by atoms with Crippen LogP contribution in [0.15, 0.2) is 18.2 Å². The minimum atomic E-state index is -0.725. The highest BCUT2D eigenvalue weighted by molar-refractivity contribution is 5.37. The Hall–Kier alpha value is -1.69. The van der Waals surface area contributed by atoms with E-state index >= 15 is 0 Å². The van der Waals surface area contributed by atoms with Crippen LogP contribution in [0.2, 0.25) is 0 Å². The van der Waals surface area contributed by atoms with Crippen LogP contribution in [0.25, 0.3) is 0 Å². The van der Waals surface area contributed by atoms with E-state index in [1.165, 1.54) is 12.1 Å². The number of hydrogen-bond acceptors (Lipinski definition) is 4. The first kappa shape index (κ1) is 12.4. The molecule has 88 valence electrons. The van der Waals surface area contributed by atoms with Gasteiger partial charge in [0.15, 0.2) is 11.6 Å². The highest BCUT2D eigenvalue weighted by Crippen LogP contribution is 2.23. The van der Waals surface area contributed by atoms with E-state index in [4.69, 9.17) is 4.74 Å². The van der Waals surface area contributed by atoms with Gasteiger partial charge in [-0.1, -0.05) is 0 Å². The zero-order valence-electron chi connectivity index (χ0n) is 9.07. The fraction of sp³-hybridized carbons (Fsp3) is 0.400. The van der Waals surface area contributed by atoms with E-state index in [2.05, 4.69) is 5.32 Å². The highest BCUT2D eigenvalue weighted by atomic mass is 19.1. The molecular weight excluding hydrogens is 215 g/mol. The summed E-state index contributed by atoms with van der Waals surface area (Å²) in [5.41, 5.74) is -0.286. The van der Waals surface area contributed by atoms with Crippen molar-refractivity contribution in [3.63, 3.8) is 0 Å². The van der Waals surface area contributed by atoms with Crippen molar-refractivity contribution >= 4 is 5.69 Å². The Morgan fingerprint density at radius 2 is 2.31 bits per heavy atom. The molecule has 0 radical (unpaired) electrons. The largest absolute Gasteiger partial charge is 0.486 e. The van der Waals surface area contributed by atoms with E-state index in [9.17, 15) is 14.5 Å². The third kappa shape index (κ3) is 3.16. The molecule has 0 amide bonds. The number of nitro benzene ring substituents is 1. The van der Waals surface area contributed by atoms with Gasteiger partial charge in [0.2, 0.25) is 0 Å². The molecule has 1 aromatic rings. The van der Waals surface area contributed by atoms with Crippen molar-refractivity contribution < 1.29 is 14.1 Å². The number of nitrogens with zero attached hydrogens (tertiary/aromatic N) is 1. The lowest BCUT2D eigenvalue weighted by Gasteiger charge is -2.14. The lowest BCUT2D eigenvalue weighted by Crippen LogP contribution is -2.26. The first-order valence-corrected chi connectivity index (χ1v) is 4.79. The minimum Gasteiger partial charge on any atom is -0.486 e. The summed E-state index contributed by atoms with van der Waals surface area (Å²) < 4.78 is 18.6. The molecule has 1 rings (SSSR count). The summed E-state index contributed by atoms with van der Waals surface area (Å²) >= 11 is 0. The molecular formula is C10H13FN2O3. The molecule has 0 spiro atoms. The van der Waals surface area contributed by atoms with Crippen molar-refractivity contribution in [3.8, 4) is 5.75 Å². The Labute approximate surface area is 92.4 Å². The molecule has 16 heavy (non-hydrogen) atoms. The second-order valence-corrected chi connectivity index (χ2v) is 3.36. The van der Waals surface area contributed by atoms with Gasteiger partial charge in [0.25, 0.3) is 5.69 Å². The van der Waals surface area contributed by atoms with Crippen LogP contribution in [0, 0.1) is 15.9 Å². The number of ether oxygens (including phenoxy) is 1. The summed E-state index contributed by atoms with van der Waals surface area (Å²) in [7, 11) is 1.76. The lowest BCUT2D eigenvalue weighted by molar-refractivity contribution is -0.385. The molecule has 0 aromatic heterocycles. The molecule has 0 aliphatic heterocycles. The van der Waals surface area contributed by atoms with Crippen LogP contribution in [-0.4, -0.2) is 24.6 Å². The van der Waals surface area contributed by atoms with Crippen LogP contribution < -0.4 is 10.1 Å². The topological polar surface area (TPSA) is 64.4 Å². The first-order chi connectivity index (χ1) is 7.54. The summed E-state index contributed by atoms with van der Waals surface area (Å²) in [6.45, 7) is 2.34. The summed E-state index contributed by atoms with van der Waals surface area (Å²) in [4.78, 5) is 9.73. The van der Waals surface area contributed by atoms with E-state index in [0.717, 1.165) is 6.07 Å².